The molecule has 1 heterocycles. The van der Waals surface area contributed by atoms with Crippen molar-refractivity contribution in [2.45, 2.75) is 26.0 Å². The number of para-hydroxylation sites is 1. The summed E-state index contributed by atoms with van der Waals surface area (Å²) in [5.74, 6) is 1.02. The van der Waals surface area contributed by atoms with Crippen LogP contribution < -0.4 is 4.74 Å². The minimum absolute atomic E-state index is 0.637. The zero-order valence-corrected chi connectivity index (χ0v) is 11.8. The van der Waals surface area contributed by atoms with Crippen molar-refractivity contribution >= 4 is 0 Å². The third kappa shape index (κ3) is 3.40. The van der Waals surface area contributed by atoms with Crippen LogP contribution in [0, 0.1) is 0 Å². The van der Waals surface area contributed by atoms with Crippen molar-refractivity contribution < 1.29 is 4.74 Å². The molecule has 2 heteroatoms. The van der Waals surface area contributed by atoms with Crippen molar-refractivity contribution in [1.29, 1.82) is 0 Å². The molecule has 0 atom stereocenters. The molecule has 0 aromatic heterocycles. The van der Waals surface area contributed by atoms with Crippen LogP contribution in [-0.2, 0) is 13.2 Å². The second kappa shape index (κ2) is 6.58. The number of benzene rings is 2. The highest BCUT2D eigenvalue weighted by Crippen LogP contribution is 2.22. The Kier molecular flexibility index (Phi) is 4.34. The molecule has 2 aromatic rings. The molecule has 1 aliphatic rings. The maximum atomic E-state index is 6.01. The van der Waals surface area contributed by atoms with Gasteiger partial charge in [-0.05, 0) is 37.6 Å². The number of nitrogens with zero attached hydrogens (tertiary/aromatic N) is 1. The number of likely N-dealkylation sites (tertiary alicyclic amines) is 1. The van der Waals surface area contributed by atoms with Gasteiger partial charge in [-0.1, -0.05) is 48.5 Å². The highest BCUT2D eigenvalue weighted by Gasteiger charge is 2.13. The lowest BCUT2D eigenvalue weighted by Crippen LogP contribution is -2.18. The van der Waals surface area contributed by atoms with Gasteiger partial charge in [0.15, 0.2) is 0 Å². The minimum Gasteiger partial charge on any atom is -0.489 e. The van der Waals surface area contributed by atoms with Gasteiger partial charge in [-0.15, -0.1) is 0 Å². The molecule has 0 aliphatic carbocycles. The van der Waals surface area contributed by atoms with Crippen LogP contribution in [0.2, 0.25) is 0 Å². The number of rotatable bonds is 5. The number of hydrogen-bond acceptors (Lipinski definition) is 2. The van der Waals surface area contributed by atoms with Crippen molar-refractivity contribution in [1.82, 2.24) is 4.90 Å². The topological polar surface area (TPSA) is 12.5 Å². The van der Waals surface area contributed by atoms with Gasteiger partial charge in [0.1, 0.15) is 12.4 Å². The molecule has 0 amide bonds. The quantitative estimate of drug-likeness (QED) is 0.815. The summed E-state index contributed by atoms with van der Waals surface area (Å²) in [5.41, 5.74) is 2.51. The SMILES string of the molecule is c1ccc(COc2ccccc2CN2CCCC2)cc1. The van der Waals surface area contributed by atoms with E-state index in [0.717, 1.165) is 12.3 Å². The van der Waals surface area contributed by atoms with E-state index < -0.39 is 0 Å². The molecule has 104 valence electrons. The van der Waals surface area contributed by atoms with Gasteiger partial charge in [0.2, 0.25) is 0 Å². The van der Waals surface area contributed by atoms with Crippen LogP contribution in [0.4, 0.5) is 0 Å². The molecule has 2 aromatic carbocycles. The smallest absolute Gasteiger partial charge is 0.124 e. The highest BCUT2D eigenvalue weighted by molar-refractivity contribution is 5.33. The van der Waals surface area contributed by atoms with E-state index in [2.05, 4.69) is 47.4 Å². The normalized spacial score (nSPS) is 15.4. The summed E-state index contributed by atoms with van der Waals surface area (Å²) < 4.78 is 6.01. The third-order valence-corrected chi connectivity index (χ3v) is 3.80. The summed E-state index contributed by atoms with van der Waals surface area (Å²) in [5, 5.41) is 0. The van der Waals surface area contributed by atoms with Gasteiger partial charge < -0.3 is 4.74 Å². The molecule has 2 nitrogen and oxygen atoms in total. The Morgan fingerprint density at radius 2 is 1.55 bits per heavy atom. The Hall–Kier alpha value is -1.80. The van der Waals surface area contributed by atoms with E-state index in [1.54, 1.807) is 0 Å². The first-order valence-electron chi connectivity index (χ1n) is 7.39. The Morgan fingerprint density at radius 3 is 2.35 bits per heavy atom. The van der Waals surface area contributed by atoms with Gasteiger partial charge in [0, 0.05) is 12.1 Å². The summed E-state index contributed by atoms with van der Waals surface area (Å²) in [7, 11) is 0. The molecule has 3 rings (SSSR count). The van der Waals surface area contributed by atoms with Gasteiger partial charge in [0.05, 0.1) is 0 Å². The van der Waals surface area contributed by atoms with Gasteiger partial charge in [-0.2, -0.15) is 0 Å². The van der Waals surface area contributed by atoms with Gasteiger partial charge in [0.25, 0.3) is 0 Å². The molecule has 0 N–H and O–H groups in total. The van der Waals surface area contributed by atoms with E-state index in [9.17, 15) is 0 Å². The average molecular weight is 267 g/mol. The van der Waals surface area contributed by atoms with E-state index in [0.29, 0.717) is 6.61 Å². The number of ether oxygens (including phenoxy) is 1. The summed E-state index contributed by atoms with van der Waals surface area (Å²) in [4.78, 5) is 2.50. The van der Waals surface area contributed by atoms with Gasteiger partial charge in [-0.25, -0.2) is 0 Å². The van der Waals surface area contributed by atoms with Crippen LogP contribution in [0.15, 0.2) is 54.6 Å². The second-order valence-electron chi connectivity index (χ2n) is 5.37. The Bertz CT molecular complexity index is 532. The zero-order valence-electron chi connectivity index (χ0n) is 11.8. The van der Waals surface area contributed by atoms with E-state index >= 15 is 0 Å². The van der Waals surface area contributed by atoms with Gasteiger partial charge in [-0.3, -0.25) is 4.90 Å². The monoisotopic (exact) mass is 267 g/mol. The molecule has 0 spiro atoms. The van der Waals surface area contributed by atoms with E-state index in [1.807, 2.05) is 12.1 Å². The number of hydrogen-bond donors (Lipinski definition) is 0. The maximum absolute atomic E-state index is 6.01. The average Bonchev–Trinajstić information content (AvgIpc) is 3.00. The lowest BCUT2D eigenvalue weighted by molar-refractivity contribution is 0.286. The molecule has 1 aliphatic heterocycles. The maximum Gasteiger partial charge on any atom is 0.124 e. The fourth-order valence-corrected chi connectivity index (χ4v) is 2.69. The van der Waals surface area contributed by atoms with Crippen molar-refractivity contribution in [2.24, 2.45) is 0 Å². The summed E-state index contributed by atoms with van der Waals surface area (Å²) in [6.45, 7) is 4.07. The summed E-state index contributed by atoms with van der Waals surface area (Å²) in [6.07, 6.45) is 2.65. The molecule has 1 saturated heterocycles. The largest absolute Gasteiger partial charge is 0.489 e. The zero-order chi connectivity index (χ0) is 13.6. The molecule has 0 saturated carbocycles. The van der Waals surface area contributed by atoms with Crippen molar-refractivity contribution in [3.05, 3.63) is 65.7 Å². The molecular formula is C18H21NO. The lowest BCUT2D eigenvalue weighted by atomic mass is 10.2. The first kappa shape index (κ1) is 13.2. The molecule has 20 heavy (non-hydrogen) atoms. The molecule has 1 fully saturated rings. The fourth-order valence-electron chi connectivity index (χ4n) is 2.69. The van der Waals surface area contributed by atoms with Crippen LogP contribution in [0.5, 0.6) is 5.75 Å². The van der Waals surface area contributed by atoms with Crippen LogP contribution >= 0.6 is 0 Å². The lowest BCUT2D eigenvalue weighted by Gasteiger charge is -2.17. The highest BCUT2D eigenvalue weighted by atomic mass is 16.5. The molecular weight excluding hydrogens is 246 g/mol. The summed E-state index contributed by atoms with van der Waals surface area (Å²) in [6, 6.07) is 18.7. The molecule has 0 bridgehead atoms. The summed E-state index contributed by atoms with van der Waals surface area (Å²) >= 11 is 0. The molecule has 0 unspecified atom stereocenters. The van der Waals surface area contributed by atoms with Crippen LogP contribution in [-0.4, -0.2) is 18.0 Å². The Morgan fingerprint density at radius 1 is 0.850 bits per heavy atom. The third-order valence-electron chi connectivity index (χ3n) is 3.80. The molecule has 0 radical (unpaired) electrons. The van der Waals surface area contributed by atoms with Crippen molar-refractivity contribution in [2.75, 3.05) is 13.1 Å². The minimum atomic E-state index is 0.637. The van der Waals surface area contributed by atoms with Crippen LogP contribution in [0.25, 0.3) is 0 Å². The van der Waals surface area contributed by atoms with Crippen LogP contribution in [0.3, 0.4) is 0 Å². The van der Waals surface area contributed by atoms with E-state index in [4.69, 9.17) is 4.74 Å². The standard InChI is InChI=1S/C18H21NO/c1-2-8-16(9-3-1)15-20-18-11-5-4-10-17(18)14-19-12-6-7-13-19/h1-5,8-11H,6-7,12-15H2. The van der Waals surface area contributed by atoms with E-state index in [1.165, 1.54) is 37.1 Å². The van der Waals surface area contributed by atoms with E-state index in [-0.39, 0.29) is 0 Å². The van der Waals surface area contributed by atoms with Crippen molar-refractivity contribution in [3.63, 3.8) is 0 Å². The fraction of sp³-hybridized carbons (Fsp3) is 0.333. The first-order chi connectivity index (χ1) is 9.92. The Balaban J connectivity index is 1.66. The first-order valence-corrected chi connectivity index (χ1v) is 7.39. The van der Waals surface area contributed by atoms with Gasteiger partial charge >= 0.3 is 0 Å². The predicted octanol–water partition coefficient (Wildman–Crippen LogP) is 3.86. The second-order valence-corrected chi connectivity index (χ2v) is 5.37. The van der Waals surface area contributed by atoms with Crippen molar-refractivity contribution in [3.8, 4) is 5.75 Å². The van der Waals surface area contributed by atoms with Crippen LogP contribution in [0.1, 0.15) is 24.0 Å². The predicted molar refractivity (Wildman–Crippen MR) is 81.7 cm³/mol. The Labute approximate surface area is 121 Å².